The van der Waals surface area contributed by atoms with Crippen LogP contribution in [0.4, 0.5) is 0 Å². The van der Waals surface area contributed by atoms with Crippen LogP contribution < -0.4 is 4.74 Å². The van der Waals surface area contributed by atoms with Crippen LogP contribution in [0.2, 0.25) is 0 Å². The van der Waals surface area contributed by atoms with Crippen LogP contribution in [0.1, 0.15) is 29.2 Å². The van der Waals surface area contributed by atoms with E-state index in [1.165, 1.54) is 0 Å². The van der Waals surface area contributed by atoms with Gasteiger partial charge in [-0.1, -0.05) is 62.2 Å². The van der Waals surface area contributed by atoms with E-state index in [9.17, 15) is 9.90 Å². The highest BCUT2D eigenvalue weighted by Crippen LogP contribution is 2.43. The number of aliphatic carboxylic acids is 1. The number of rotatable bonds is 9. The molecule has 0 fully saturated rings. The highest BCUT2D eigenvalue weighted by atomic mass is 79.9. The number of carbonyl (C=O) groups is 1. The van der Waals surface area contributed by atoms with Gasteiger partial charge in [-0.3, -0.25) is 0 Å². The van der Waals surface area contributed by atoms with Gasteiger partial charge in [-0.25, -0.2) is 9.79 Å². The number of ether oxygens (including phenoxy) is 2. The monoisotopic (exact) mass is 587 g/mol. The van der Waals surface area contributed by atoms with Crippen molar-refractivity contribution in [3.63, 3.8) is 0 Å². The summed E-state index contributed by atoms with van der Waals surface area (Å²) in [6.45, 7) is 0.474. The Morgan fingerprint density at radius 2 is 1.74 bits per heavy atom. The summed E-state index contributed by atoms with van der Waals surface area (Å²) in [6.07, 6.45) is -0.125. The predicted octanol–water partition coefficient (Wildman–Crippen LogP) is 5.56. The van der Waals surface area contributed by atoms with E-state index in [4.69, 9.17) is 19.6 Å². The molecule has 2 atom stereocenters. The molecule has 0 saturated heterocycles. The lowest BCUT2D eigenvalue weighted by atomic mass is 9.83. The fourth-order valence-electron chi connectivity index (χ4n) is 3.84. The molecule has 4 rings (SSSR count). The second-order valence-electron chi connectivity index (χ2n) is 7.91. The van der Waals surface area contributed by atoms with Crippen molar-refractivity contribution in [1.29, 1.82) is 0 Å². The van der Waals surface area contributed by atoms with Crippen LogP contribution in [0, 0.1) is 0 Å². The van der Waals surface area contributed by atoms with E-state index in [2.05, 4.69) is 31.9 Å². The summed E-state index contributed by atoms with van der Waals surface area (Å²) in [5, 5.41) is 19.4. The van der Waals surface area contributed by atoms with Crippen molar-refractivity contribution in [2.24, 2.45) is 4.99 Å². The Bertz CT molecular complexity index is 1180. The average Bonchev–Trinajstić information content (AvgIpc) is 3.22. The maximum atomic E-state index is 12.8. The van der Waals surface area contributed by atoms with Crippen LogP contribution in [0.15, 0.2) is 86.7 Å². The number of halogens is 2. The Hall–Kier alpha value is -2.68. The maximum Gasteiger partial charge on any atom is 0.336 e. The molecule has 0 unspecified atom stereocenters. The van der Waals surface area contributed by atoms with Gasteiger partial charge >= 0.3 is 5.97 Å². The first kappa shape index (κ1) is 24.4. The fourth-order valence-corrected chi connectivity index (χ4v) is 4.53. The number of carboxylic acid groups (broad SMARTS) is 1. The number of aliphatic hydroxyl groups excluding tert-OH is 1. The van der Waals surface area contributed by atoms with E-state index in [1.807, 2.05) is 48.5 Å². The second-order valence-corrected chi connectivity index (χ2v) is 9.68. The van der Waals surface area contributed by atoms with Gasteiger partial charge in [-0.05, 0) is 53.6 Å². The van der Waals surface area contributed by atoms with Crippen LogP contribution >= 0.6 is 31.9 Å². The molecule has 0 radical (unpaired) electrons. The standard InChI is InChI=1S/C26H23Br2NO5/c27-20-10-6-17(7-11-20)23-26(25(31)32,16-19-4-1-2-5-22(19)28)29-24(34-23)18-8-12-21(13-9-18)33-15-3-14-30/h1-2,4-13,23,30H,3,14-16H2,(H,31,32)/t23-,26-/m1/s1. The zero-order chi connectivity index (χ0) is 24.1. The molecule has 0 aliphatic carbocycles. The number of carboxylic acids is 1. The minimum Gasteiger partial charge on any atom is -0.494 e. The van der Waals surface area contributed by atoms with E-state index in [0.717, 1.165) is 20.1 Å². The summed E-state index contributed by atoms with van der Waals surface area (Å²) >= 11 is 6.97. The van der Waals surface area contributed by atoms with Crippen LogP contribution in [0.25, 0.3) is 0 Å². The lowest BCUT2D eigenvalue weighted by Gasteiger charge is -2.28. The summed E-state index contributed by atoms with van der Waals surface area (Å²) in [4.78, 5) is 17.5. The highest BCUT2D eigenvalue weighted by molar-refractivity contribution is 9.10. The molecule has 1 aliphatic heterocycles. The number of hydrogen-bond acceptors (Lipinski definition) is 5. The van der Waals surface area contributed by atoms with Gasteiger partial charge in [0.05, 0.1) is 6.61 Å². The summed E-state index contributed by atoms with van der Waals surface area (Å²) in [5.41, 5.74) is 0.657. The van der Waals surface area contributed by atoms with E-state index in [-0.39, 0.29) is 18.9 Å². The van der Waals surface area contributed by atoms with Gasteiger partial charge in [0.15, 0.2) is 6.10 Å². The molecule has 0 aromatic heterocycles. The molecule has 34 heavy (non-hydrogen) atoms. The van der Waals surface area contributed by atoms with Gasteiger partial charge in [0.1, 0.15) is 5.75 Å². The average molecular weight is 589 g/mol. The van der Waals surface area contributed by atoms with Crippen molar-refractivity contribution in [2.45, 2.75) is 24.5 Å². The molecular weight excluding hydrogens is 566 g/mol. The molecule has 2 N–H and O–H groups in total. The molecular formula is C26H23Br2NO5. The molecule has 0 spiro atoms. The van der Waals surface area contributed by atoms with Gasteiger partial charge in [-0.15, -0.1) is 0 Å². The topological polar surface area (TPSA) is 88.4 Å². The van der Waals surface area contributed by atoms with Crippen LogP contribution in [0.5, 0.6) is 5.75 Å². The predicted molar refractivity (Wildman–Crippen MR) is 136 cm³/mol. The lowest BCUT2D eigenvalue weighted by molar-refractivity contribution is -0.146. The van der Waals surface area contributed by atoms with Crippen molar-refractivity contribution >= 4 is 43.7 Å². The molecule has 6 nitrogen and oxygen atoms in total. The largest absolute Gasteiger partial charge is 0.494 e. The minimum absolute atomic E-state index is 0.0645. The molecule has 8 heteroatoms. The zero-order valence-electron chi connectivity index (χ0n) is 18.2. The Morgan fingerprint density at radius 1 is 1.03 bits per heavy atom. The number of hydrogen-bond donors (Lipinski definition) is 2. The second kappa shape index (κ2) is 10.7. The van der Waals surface area contributed by atoms with Crippen molar-refractivity contribution in [2.75, 3.05) is 13.2 Å². The van der Waals surface area contributed by atoms with Crippen LogP contribution in [0.3, 0.4) is 0 Å². The Labute approximate surface area is 214 Å². The third kappa shape index (κ3) is 5.19. The Kier molecular flexibility index (Phi) is 7.70. The van der Waals surface area contributed by atoms with E-state index >= 15 is 0 Å². The van der Waals surface area contributed by atoms with Gasteiger partial charge in [-0.2, -0.15) is 0 Å². The number of aliphatic imine (C=N–C) groups is 1. The van der Waals surface area contributed by atoms with Crippen molar-refractivity contribution in [3.8, 4) is 5.75 Å². The van der Waals surface area contributed by atoms with E-state index < -0.39 is 17.6 Å². The third-order valence-corrected chi connectivity index (χ3v) is 6.90. The molecule has 0 bridgehead atoms. The van der Waals surface area contributed by atoms with Crippen LogP contribution in [-0.4, -0.2) is 40.8 Å². The molecule has 0 saturated carbocycles. The molecule has 3 aromatic rings. The lowest BCUT2D eigenvalue weighted by Crippen LogP contribution is -2.43. The number of aliphatic hydroxyl groups is 1. The van der Waals surface area contributed by atoms with Gasteiger partial charge in [0, 0.05) is 34.0 Å². The maximum absolute atomic E-state index is 12.8. The van der Waals surface area contributed by atoms with Gasteiger partial charge < -0.3 is 19.7 Å². The summed E-state index contributed by atoms with van der Waals surface area (Å²) in [7, 11) is 0. The molecule has 3 aromatic carbocycles. The van der Waals surface area contributed by atoms with Crippen molar-refractivity contribution < 1.29 is 24.5 Å². The zero-order valence-corrected chi connectivity index (χ0v) is 21.3. The van der Waals surface area contributed by atoms with Crippen LogP contribution in [-0.2, 0) is 16.0 Å². The normalized spacial score (nSPS) is 19.4. The smallest absolute Gasteiger partial charge is 0.336 e. The van der Waals surface area contributed by atoms with E-state index in [0.29, 0.717) is 24.3 Å². The first-order chi connectivity index (χ1) is 16.4. The minimum atomic E-state index is -1.55. The fraction of sp³-hybridized carbons (Fsp3) is 0.231. The number of benzene rings is 3. The summed E-state index contributed by atoms with van der Waals surface area (Å²) < 4.78 is 13.6. The Morgan fingerprint density at radius 3 is 2.38 bits per heavy atom. The van der Waals surface area contributed by atoms with Gasteiger partial charge in [0.25, 0.3) is 0 Å². The first-order valence-corrected chi connectivity index (χ1v) is 12.3. The first-order valence-electron chi connectivity index (χ1n) is 10.8. The molecule has 1 heterocycles. The molecule has 0 amide bonds. The molecule has 1 aliphatic rings. The van der Waals surface area contributed by atoms with Crippen molar-refractivity contribution in [3.05, 3.63) is 98.4 Å². The number of nitrogens with zero attached hydrogens (tertiary/aromatic N) is 1. The summed E-state index contributed by atoms with van der Waals surface area (Å²) in [6, 6.07) is 22.1. The quantitative estimate of drug-likeness (QED) is 0.320. The van der Waals surface area contributed by atoms with Crippen molar-refractivity contribution in [1.82, 2.24) is 0 Å². The SMILES string of the molecule is O=C(O)[C@]1(Cc2ccccc2Br)N=C(c2ccc(OCCCO)cc2)O[C@@H]1c1ccc(Br)cc1. The third-order valence-electron chi connectivity index (χ3n) is 5.60. The van der Waals surface area contributed by atoms with Gasteiger partial charge in [0.2, 0.25) is 11.4 Å². The highest BCUT2D eigenvalue weighted by Gasteiger charge is 2.53. The van der Waals surface area contributed by atoms with E-state index in [1.54, 1.807) is 24.3 Å². The summed E-state index contributed by atoms with van der Waals surface area (Å²) in [5.74, 6) is -0.141. The Balaban J connectivity index is 1.73. The molecule has 176 valence electrons.